The Kier molecular flexibility index (Phi) is 5.00. The molecule has 2 aromatic carbocycles. The van der Waals surface area contributed by atoms with Crippen molar-refractivity contribution in [2.75, 3.05) is 0 Å². The summed E-state index contributed by atoms with van der Waals surface area (Å²) >= 11 is 0. The molecule has 2 rings (SSSR count). The molecule has 0 nitrogen and oxygen atoms in total. The van der Waals surface area contributed by atoms with Crippen LogP contribution in [0.4, 0.5) is 0 Å². The molecule has 0 radical (unpaired) electrons. The number of rotatable bonds is 4. The SMILES string of the molecule is CC(C)c1ccc2c(C(C)C)c(C(C)C)c(C(C)C)cc2c1. The Morgan fingerprint density at radius 1 is 0.591 bits per heavy atom. The summed E-state index contributed by atoms with van der Waals surface area (Å²) in [6.07, 6.45) is 0. The Labute approximate surface area is 136 Å². The van der Waals surface area contributed by atoms with Gasteiger partial charge in [0, 0.05) is 0 Å². The van der Waals surface area contributed by atoms with Crippen molar-refractivity contribution in [3.05, 3.63) is 46.5 Å². The van der Waals surface area contributed by atoms with E-state index in [2.05, 4.69) is 79.7 Å². The van der Waals surface area contributed by atoms with Gasteiger partial charge in [0.1, 0.15) is 0 Å². The summed E-state index contributed by atoms with van der Waals surface area (Å²) < 4.78 is 0. The Hall–Kier alpha value is -1.30. The molecule has 0 bridgehead atoms. The van der Waals surface area contributed by atoms with Gasteiger partial charge in [-0.25, -0.2) is 0 Å². The molecule has 0 aliphatic carbocycles. The minimum absolute atomic E-state index is 0.559. The van der Waals surface area contributed by atoms with Crippen molar-refractivity contribution < 1.29 is 0 Å². The molecular formula is C22H32. The predicted molar refractivity (Wildman–Crippen MR) is 100 cm³/mol. The van der Waals surface area contributed by atoms with Crippen molar-refractivity contribution in [1.29, 1.82) is 0 Å². The molecule has 0 spiro atoms. The lowest BCUT2D eigenvalue weighted by atomic mass is 9.79. The van der Waals surface area contributed by atoms with Crippen LogP contribution in [0.1, 0.15) is 101 Å². The third-order valence-corrected chi connectivity index (χ3v) is 4.72. The van der Waals surface area contributed by atoms with E-state index >= 15 is 0 Å². The van der Waals surface area contributed by atoms with E-state index in [9.17, 15) is 0 Å². The molecule has 0 N–H and O–H groups in total. The molecule has 0 unspecified atom stereocenters. The summed E-state index contributed by atoms with van der Waals surface area (Å²) in [4.78, 5) is 0. The van der Waals surface area contributed by atoms with E-state index in [1.54, 1.807) is 11.1 Å². The van der Waals surface area contributed by atoms with Crippen molar-refractivity contribution in [2.45, 2.75) is 79.1 Å². The van der Waals surface area contributed by atoms with Crippen LogP contribution >= 0.6 is 0 Å². The first kappa shape index (κ1) is 17.1. The molecule has 0 heterocycles. The highest BCUT2D eigenvalue weighted by Gasteiger charge is 2.20. The third-order valence-electron chi connectivity index (χ3n) is 4.72. The summed E-state index contributed by atoms with van der Waals surface area (Å²) in [6.45, 7) is 18.5. The van der Waals surface area contributed by atoms with Crippen LogP contribution in [-0.2, 0) is 0 Å². The van der Waals surface area contributed by atoms with Gasteiger partial charge in [0.05, 0.1) is 0 Å². The number of hydrogen-bond acceptors (Lipinski definition) is 0. The summed E-state index contributed by atoms with van der Waals surface area (Å²) in [5.41, 5.74) is 6.11. The van der Waals surface area contributed by atoms with Crippen molar-refractivity contribution >= 4 is 10.8 Å². The molecule has 0 heteroatoms. The van der Waals surface area contributed by atoms with Crippen LogP contribution in [0.5, 0.6) is 0 Å². The highest BCUT2D eigenvalue weighted by Crippen LogP contribution is 2.39. The quantitative estimate of drug-likeness (QED) is 0.554. The van der Waals surface area contributed by atoms with Crippen LogP contribution in [-0.4, -0.2) is 0 Å². The highest BCUT2D eigenvalue weighted by atomic mass is 14.2. The Morgan fingerprint density at radius 2 is 1.18 bits per heavy atom. The van der Waals surface area contributed by atoms with E-state index in [0.29, 0.717) is 23.7 Å². The van der Waals surface area contributed by atoms with Crippen molar-refractivity contribution in [2.24, 2.45) is 0 Å². The lowest BCUT2D eigenvalue weighted by Gasteiger charge is -2.25. The van der Waals surface area contributed by atoms with Crippen molar-refractivity contribution in [3.63, 3.8) is 0 Å². The van der Waals surface area contributed by atoms with Crippen LogP contribution < -0.4 is 0 Å². The van der Waals surface area contributed by atoms with Gasteiger partial charge in [0.25, 0.3) is 0 Å². The lowest BCUT2D eigenvalue weighted by Crippen LogP contribution is -2.07. The van der Waals surface area contributed by atoms with E-state index in [1.165, 1.54) is 21.9 Å². The average molecular weight is 296 g/mol. The van der Waals surface area contributed by atoms with E-state index in [1.807, 2.05) is 0 Å². The number of benzene rings is 2. The minimum atomic E-state index is 0.559. The zero-order valence-corrected chi connectivity index (χ0v) is 15.6. The summed E-state index contributed by atoms with van der Waals surface area (Å²) in [5, 5.41) is 2.87. The average Bonchev–Trinajstić information content (AvgIpc) is 2.43. The van der Waals surface area contributed by atoms with Gasteiger partial charge >= 0.3 is 0 Å². The second-order valence-electron chi connectivity index (χ2n) is 7.89. The van der Waals surface area contributed by atoms with E-state index in [0.717, 1.165) is 0 Å². The number of hydrogen-bond donors (Lipinski definition) is 0. The maximum absolute atomic E-state index is 2.45. The fourth-order valence-corrected chi connectivity index (χ4v) is 3.59. The molecule has 0 aliphatic rings. The highest BCUT2D eigenvalue weighted by molar-refractivity contribution is 5.89. The van der Waals surface area contributed by atoms with Gasteiger partial charge < -0.3 is 0 Å². The van der Waals surface area contributed by atoms with Crippen LogP contribution in [0.25, 0.3) is 10.8 Å². The molecule has 0 amide bonds. The van der Waals surface area contributed by atoms with E-state index in [4.69, 9.17) is 0 Å². The largest absolute Gasteiger partial charge is 0.0587 e. The van der Waals surface area contributed by atoms with Gasteiger partial charge in [-0.3, -0.25) is 0 Å². The second-order valence-corrected chi connectivity index (χ2v) is 7.89. The molecule has 2 aromatic rings. The Morgan fingerprint density at radius 3 is 1.64 bits per heavy atom. The summed E-state index contributed by atoms with van der Waals surface area (Å²) in [7, 11) is 0. The topological polar surface area (TPSA) is 0 Å². The predicted octanol–water partition coefficient (Wildman–Crippen LogP) is 7.33. The maximum Gasteiger partial charge on any atom is -0.0146 e. The van der Waals surface area contributed by atoms with Crippen LogP contribution in [0.3, 0.4) is 0 Å². The number of fused-ring (bicyclic) bond motifs is 1. The smallest absolute Gasteiger partial charge is 0.0146 e. The molecule has 0 saturated carbocycles. The van der Waals surface area contributed by atoms with E-state index < -0.39 is 0 Å². The monoisotopic (exact) mass is 296 g/mol. The molecule has 0 saturated heterocycles. The summed E-state index contributed by atoms with van der Waals surface area (Å²) in [6, 6.07) is 9.53. The molecule has 0 aromatic heterocycles. The van der Waals surface area contributed by atoms with Crippen LogP contribution in [0.15, 0.2) is 24.3 Å². The fourth-order valence-electron chi connectivity index (χ4n) is 3.59. The molecular weight excluding hydrogens is 264 g/mol. The standard InChI is InChI=1S/C22H32/c1-13(2)17-9-10-19-18(11-17)12-20(14(3)4)22(16(7)8)21(19)15(5)6/h9-16H,1-8H3. The van der Waals surface area contributed by atoms with E-state index in [-0.39, 0.29) is 0 Å². The van der Waals surface area contributed by atoms with Gasteiger partial charge in [-0.1, -0.05) is 79.7 Å². The Balaban J connectivity index is 2.89. The van der Waals surface area contributed by atoms with Gasteiger partial charge in [0.15, 0.2) is 0 Å². The normalized spacial score (nSPS) is 12.4. The van der Waals surface area contributed by atoms with Gasteiger partial charge in [-0.15, -0.1) is 0 Å². The Bertz CT molecular complexity index is 657. The van der Waals surface area contributed by atoms with Crippen molar-refractivity contribution in [1.82, 2.24) is 0 Å². The van der Waals surface area contributed by atoms with Gasteiger partial charge in [-0.2, -0.15) is 0 Å². The third kappa shape index (κ3) is 3.07. The molecule has 120 valence electrons. The first-order chi connectivity index (χ1) is 10.2. The molecule has 22 heavy (non-hydrogen) atoms. The first-order valence-electron chi connectivity index (χ1n) is 8.84. The molecule has 0 aliphatic heterocycles. The van der Waals surface area contributed by atoms with Crippen molar-refractivity contribution in [3.8, 4) is 0 Å². The van der Waals surface area contributed by atoms with Crippen LogP contribution in [0.2, 0.25) is 0 Å². The first-order valence-corrected chi connectivity index (χ1v) is 8.84. The van der Waals surface area contributed by atoms with Gasteiger partial charge in [0.2, 0.25) is 0 Å². The zero-order valence-electron chi connectivity index (χ0n) is 15.6. The minimum Gasteiger partial charge on any atom is -0.0587 e. The maximum atomic E-state index is 2.45. The molecule has 0 atom stereocenters. The van der Waals surface area contributed by atoms with Crippen LogP contribution in [0, 0.1) is 0 Å². The summed E-state index contributed by atoms with van der Waals surface area (Å²) in [5.74, 6) is 2.29. The fraction of sp³-hybridized carbons (Fsp3) is 0.545. The molecule has 0 fully saturated rings. The van der Waals surface area contributed by atoms with Gasteiger partial charge in [-0.05, 0) is 56.7 Å². The second kappa shape index (κ2) is 6.44. The zero-order chi connectivity index (χ0) is 16.6. The lowest BCUT2D eigenvalue weighted by molar-refractivity contribution is 0.754.